The molecule has 2 N–H and O–H groups in total. The number of nitrogens with zero attached hydrogens (tertiary/aromatic N) is 3. The summed E-state index contributed by atoms with van der Waals surface area (Å²) in [6.07, 6.45) is 2.10. The third-order valence-electron chi connectivity index (χ3n) is 3.68. The van der Waals surface area contributed by atoms with Crippen LogP contribution in [0.25, 0.3) is 0 Å². The van der Waals surface area contributed by atoms with Gasteiger partial charge in [0.1, 0.15) is 5.82 Å². The predicted octanol–water partition coefficient (Wildman–Crippen LogP) is 2.88. The lowest BCUT2D eigenvalue weighted by atomic mass is 10.1. The SMILES string of the molecule is Cc1cc(N)nc(SCC(=O)N2CCCC2c2ccsc2)n1. The van der Waals surface area contributed by atoms with Crippen LogP contribution in [-0.4, -0.2) is 33.1 Å². The Morgan fingerprint density at radius 2 is 2.41 bits per heavy atom. The van der Waals surface area contributed by atoms with Crippen LogP contribution in [0.1, 0.15) is 30.1 Å². The van der Waals surface area contributed by atoms with Gasteiger partial charge in [-0.05, 0) is 42.2 Å². The first kappa shape index (κ1) is 15.3. The van der Waals surface area contributed by atoms with E-state index in [2.05, 4.69) is 26.8 Å². The molecule has 5 nitrogen and oxygen atoms in total. The summed E-state index contributed by atoms with van der Waals surface area (Å²) in [6.45, 7) is 2.70. The average molecular weight is 334 g/mol. The molecule has 1 aliphatic rings. The molecule has 0 bridgehead atoms. The number of aromatic nitrogens is 2. The molecule has 0 spiro atoms. The molecule has 3 heterocycles. The summed E-state index contributed by atoms with van der Waals surface area (Å²) in [5, 5.41) is 4.76. The smallest absolute Gasteiger partial charge is 0.233 e. The summed E-state index contributed by atoms with van der Waals surface area (Å²) in [5.41, 5.74) is 7.78. The fourth-order valence-electron chi connectivity index (χ4n) is 2.72. The van der Waals surface area contributed by atoms with Crippen LogP contribution in [0, 0.1) is 6.92 Å². The topological polar surface area (TPSA) is 72.1 Å². The van der Waals surface area contributed by atoms with Gasteiger partial charge in [-0.1, -0.05) is 11.8 Å². The largest absolute Gasteiger partial charge is 0.384 e. The Labute approximate surface area is 138 Å². The molecule has 1 fully saturated rings. The molecule has 1 unspecified atom stereocenters. The van der Waals surface area contributed by atoms with Crippen molar-refractivity contribution in [3.05, 3.63) is 34.2 Å². The third-order valence-corrected chi connectivity index (χ3v) is 5.21. The molecule has 0 aliphatic carbocycles. The van der Waals surface area contributed by atoms with E-state index in [1.54, 1.807) is 17.4 Å². The lowest BCUT2D eigenvalue weighted by Crippen LogP contribution is -2.31. The van der Waals surface area contributed by atoms with Crippen LogP contribution in [0.4, 0.5) is 5.82 Å². The summed E-state index contributed by atoms with van der Waals surface area (Å²) in [4.78, 5) is 23.0. The second kappa shape index (κ2) is 6.66. The second-order valence-corrected chi connectivity index (χ2v) is 7.03. The number of anilines is 1. The van der Waals surface area contributed by atoms with E-state index in [1.165, 1.54) is 17.3 Å². The molecule has 7 heteroatoms. The van der Waals surface area contributed by atoms with Gasteiger partial charge in [0.15, 0.2) is 5.16 Å². The molecular formula is C15H18N4OS2. The van der Waals surface area contributed by atoms with E-state index < -0.39 is 0 Å². The monoisotopic (exact) mass is 334 g/mol. The predicted molar refractivity (Wildman–Crippen MR) is 89.9 cm³/mol. The second-order valence-electron chi connectivity index (χ2n) is 5.31. The Balaban J connectivity index is 1.64. The van der Waals surface area contributed by atoms with Gasteiger partial charge in [0.25, 0.3) is 0 Å². The van der Waals surface area contributed by atoms with Crippen molar-refractivity contribution >= 4 is 34.8 Å². The molecule has 2 aromatic rings. The number of nitrogen functional groups attached to an aromatic ring is 1. The maximum Gasteiger partial charge on any atom is 0.233 e. The summed E-state index contributed by atoms with van der Waals surface area (Å²) in [5.74, 6) is 0.936. The van der Waals surface area contributed by atoms with Crippen molar-refractivity contribution in [1.29, 1.82) is 0 Å². The molecule has 2 aromatic heterocycles. The van der Waals surface area contributed by atoms with Crippen molar-refractivity contribution in [3.63, 3.8) is 0 Å². The number of carbonyl (C=O) groups excluding carboxylic acids is 1. The van der Waals surface area contributed by atoms with Gasteiger partial charge in [0.05, 0.1) is 11.8 Å². The maximum absolute atomic E-state index is 12.5. The van der Waals surface area contributed by atoms with Gasteiger partial charge in [-0.25, -0.2) is 9.97 Å². The number of thioether (sulfide) groups is 1. The fraction of sp³-hybridized carbons (Fsp3) is 0.400. The quantitative estimate of drug-likeness (QED) is 0.687. The number of amides is 1. The van der Waals surface area contributed by atoms with Crippen LogP contribution in [0.2, 0.25) is 0 Å². The summed E-state index contributed by atoms with van der Waals surface area (Å²) >= 11 is 3.03. The van der Waals surface area contributed by atoms with Crippen LogP contribution in [0.5, 0.6) is 0 Å². The van der Waals surface area contributed by atoms with E-state index >= 15 is 0 Å². The Bertz CT molecular complexity index is 639. The van der Waals surface area contributed by atoms with Gasteiger partial charge >= 0.3 is 0 Å². The average Bonchev–Trinajstić information content (AvgIpc) is 3.13. The van der Waals surface area contributed by atoms with Crippen molar-refractivity contribution in [2.75, 3.05) is 18.0 Å². The molecule has 116 valence electrons. The lowest BCUT2D eigenvalue weighted by Gasteiger charge is -2.24. The van der Waals surface area contributed by atoms with Gasteiger partial charge in [-0.3, -0.25) is 4.79 Å². The molecular weight excluding hydrogens is 316 g/mol. The zero-order valence-electron chi connectivity index (χ0n) is 12.4. The van der Waals surface area contributed by atoms with Crippen molar-refractivity contribution in [2.24, 2.45) is 0 Å². The molecule has 1 atom stereocenters. The lowest BCUT2D eigenvalue weighted by molar-refractivity contribution is -0.129. The Morgan fingerprint density at radius 1 is 1.55 bits per heavy atom. The van der Waals surface area contributed by atoms with Crippen LogP contribution >= 0.6 is 23.1 Å². The molecule has 1 amide bonds. The van der Waals surface area contributed by atoms with Crippen molar-refractivity contribution in [3.8, 4) is 0 Å². The highest BCUT2D eigenvalue weighted by Crippen LogP contribution is 2.33. The normalized spacial score (nSPS) is 17.9. The highest BCUT2D eigenvalue weighted by molar-refractivity contribution is 7.99. The van der Waals surface area contributed by atoms with Gasteiger partial charge in [0.2, 0.25) is 5.91 Å². The zero-order valence-corrected chi connectivity index (χ0v) is 14.0. The van der Waals surface area contributed by atoms with Crippen molar-refractivity contribution < 1.29 is 4.79 Å². The summed E-state index contributed by atoms with van der Waals surface area (Å²) in [6, 6.07) is 4.06. The minimum Gasteiger partial charge on any atom is -0.384 e. The number of rotatable bonds is 4. The van der Waals surface area contributed by atoms with E-state index in [9.17, 15) is 4.79 Å². The van der Waals surface area contributed by atoms with Gasteiger partial charge in [-0.2, -0.15) is 11.3 Å². The number of nitrogens with two attached hydrogens (primary N) is 1. The molecule has 22 heavy (non-hydrogen) atoms. The first-order valence-electron chi connectivity index (χ1n) is 7.19. The molecule has 3 rings (SSSR count). The van der Waals surface area contributed by atoms with Crippen LogP contribution in [0.15, 0.2) is 28.0 Å². The number of hydrogen-bond acceptors (Lipinski definition) is 6. The van der Waals surface area contributed by atoms with Crippen molar-refractivity contribution in [1.82, 2.24) is 14.9 Å². The van der Waals surface area contributed by atoms with Crippen molar-refractivity contribution in [2.45, 2.75) is 31.0 Å². The minimum atomic E-state index is 0.141. The third kappa shape index (κ3) is 3.41. The Morgan fingerprint density at radius 3 is 3.14 bits per heavy atom. The molecule has 0 aromatic carbocycles. The number of likely N-dealkylation sites (tertiary alicyclic amines) is 1. The van der Waals surface area contributed by atoms with Crippen LogP contribution in [-0.2, 0) is 4.79 Å². The van der Waals surface area contributed by atoms with E-state index in [-0.39, 0.29) is 11.9 Å². The van der Waals surface area contributed by atoms with Crippen LogP contribution < -0.4 is 5.73 Å². The first-order chi connectivity index (χ1) is 10.6. The fourth-order valence-corrected chi connectivity index (χ4v) is 4.22. The Hall–Kier alpha value is -1.60. The van der Waals surface area contributed by atoms with Gasteiger partial charge in [0, 0.05) is 18.3 Å². The highest BCUT2D eigenvalue weighted by atomic mass is 32.2. The van der Waals surface area contributed by atoms with Gasteiger partial charge < -0.3 is 10.6 Å². The Kier molecular flexibility index (Phi) is 4.63. The van der Waals surface area contributed by atoms with Gasteiger partial charge in [-0.15, -0.1) is 0 Å². The van der Waals surface area contributed by atoms with E-state index in [0.29, 0.717) is 16.7 Å². The molecule has 0 radical (unpaired) electrons. The number of aryl methyl sites for hydroxylation is 1. The highest BCUT2D eigenvalue weighted by Gasteiger charge is 2.30. The van der Waals surface area contributed by atoms with Crippen LogP contribution in [0.3, 0.4) is 0 Å². The van der Waals surface area contributed by atoms with E-state index in [1.807, 2.05) is 11.8 Å². The summed E-state index contributed by atoms with van der Waals surface area (Å²) in [7, 11) is 0. The first-order valence-corrected chi connectivity index (χ1v) is 9.12. The van der Waals surface area contributed by atoms with E-state index in [4.69, 9.17) is 5.73 Å². The summed E-state index contributed by atoms with van der Waals surface area (Å²) < 4.78 is 0. The van der Waals surface area contributed by atoms with E-state index in [0.717, 1.165) is 25.1 Å². The molecule has 1 saturated heterocycles. The number of thiophene rings is 1. The minimum absolute atomic E-state index is 0.141. The number of carbonyl (C=O) groups is 1. The number of hydrogen-bond donors (Lipinski definition) is 1. The molecule has 1 aliphatic heterocycles. The standard InChI is InChI=1S/C15H18N4OS2/c1-10-7-13(16)18-15(17-10)22-9-14(20)19-5-2-3-12(19)11-4-6-21-8-11/h4,6-8,12H,2-3,5,9H2,1H3,(H2,16,17,18). The maximum atomic E-state index is 12.5. The molecule has 0 saturated carbocycles. The zero-order chi connectivity index (χ0) is 15.5.